The molecule has 0 radical (unpaired) electrons. The molecule has 8 heteroatoms. The molecule has 0 bridgehead atoms. The molecule has 7 nitrogen and oxygen atoms in total. The van der Waals surface area contributed by atoms with Gasteiger partial charge in [-0.25, -0.2) is 0 Å². The van der Waals surface area contributed by atoms with Crippen molar-refractivity contribution in [2.75, 3.05) is 33.4 Å². The first-order chi connectivity index (χ1) is 15.3. The fraction of sp³-hybridized carbons (Fsp3) is 0.458. The number of likely N-dealkylation sites (tertiary alicyclic amines) is 1. The number of hydrogen-bond donors (Lipinski definition) is 0. The van der Waals surface area contributed by atoms with Gasteiger partial charge in [0.15, 0.2) is 6.61 Å². The van der Waals surface area contributed by atoms with E-state index in [1.54, 1.807) is 36.3 Å². The third kappa shape index (κ3) is 5.58. The van der Waals surface area contributed by atoms with E-state index >= 15 is 0 Å². The second-order valence-electron chi connectivity index (χ2n) is 8.03. The molecule has 172 valence electrons. The van der Waals surface area contributed by atoms with Gasteiger partial charge in [0, 0.05) is 54.3 Å². The van der Waals surface area contributed by atoms with Crippen LogP contribution < -0.4 is 0 Å². The number of aryl methyl sites for hydroxylation is 1. The summed E-state index contributed by atoms with van der Waals surface area (Å²) in [7, 11) is 1.64. The van der Waals surface area contributed by atoms with Crippen LogP contribution in [0.1, 0.15) is 44.9 Å². The second kappa shape index (κ2) is 10.8. The molecule has 1 aromatic carbocycles. The third-order valence-electron chi connectivity index (χ3n) is 5.95. The Kier molecular flexibility index (Phi) is 8.10. The SMILES string of the molecule is COCCn1c(C)cc(C(=O)COC(=O)C2CCN(C(=O)c3ccc(Cl)cc3)CC2)c1C. The number of amides is 1. The standard InChI is InChI=1S/C24H29ClN2O5/c1-16-14-21(17(2)27(16)12-13-31-3)22(28)15-32-24(30)19-8-10-26(11-9-19)23(29)18-4-6-20(25)7-5-18/h4-7,14,19H,8-13,15H2,1-3H3. The maximum Gasteiger partial charge on any atom is 0.309 e. The largest absolute Gasteiger partial charge is 0.457 e. The number of nitrogens with zero attached hydrogens (tertiary/aromatic N) is 2. The van der Waals surface area contributed by atoms with E-state index in [0.717, 1.165) is 11.4 Å². The molecule has 3 rings (SSSR count). The summed E-state index contributed by atoms with van der Waals surface area (Å²) in [6.45, 7) is 5.69. The van der Waals surface area contributed by atoms with Crippen LogP contribution in [0.2, 0.25) is 5.02 Å². The fourth-order valence-electron chi connectivity index (χ4n) is 4.04. The van der Waals surface area contributed by atoms with Gasteiger partial charge >= 0.3 is 5.97 Å². The average molecular weight is 461 g/mol. The molecule has 1 aliphatic rings. The summed E-state index contributed by atoms with van der Waals surface area (Å²) in [6.07, 6.45) is 1.02. The van der Waals surface area contributed by atoms with Crippen LogP contribution >= 0.6 is 11.6 Å². The number of benzene rings is 1. The molecule has 0 aliphatic carbocycles. The van der Waals surface area contributed by atoms with Crippen molar-refractivity contribution < 1.29 is 23.9 Å². The number of aromatic nitrogens is 1. The normalized spacial score (nSPS) is 14.4. The summed E-state index contributed by atoms with van der Waals surface area (Å²) >= 11 is 5.88. The van der Waals surface area contributed by atoms with Gasteiger partial charge < -0.3 is 18.9 Å². The maximum absolute atomic E-state index is 12.6. The highest BCUT2D eigenvalue weighted by Gasteiger charge is 2.29. The number of carbonyl (C=O) groups is 3. The molecule has 0 spiro atoms. The van der Waals surface area contributed by atoms with Gasteiger partial charge in [-0.15, -0.1) is 0 Å². The predicted octanol–water partition coefficient (Wildman–Crippen LogP) is 3.68. The molecule has 0 unspecified atom stereocenters. The van der Waals surface area contributed by atoms with Gasteiger partial charge in [-0.05, 0) is 57.0 Å². The number of piperidine rings is 1. The van der Waals surface area contributed by atoms with Gasteiger partial charge in [-0.3, -0.25) is 14.4 Å². The van der Waals surface area contributed by atoms with Crippen molar-refractivity contribution in [3.05, 3.63) is 57.9 Å². The number of Topliss-reactive ketones (excluding diaryl/α,β-unsaturated/α-hetero) is 1. The summed E-state index contributed by atoms with van der Waals surface area (Å²) in [5, 5.41) is 0.578. The first-order valence-electron chi connectivity index (χ1n) is 10.7. The Bertz CT molecular complexity index is 975. The summed E-state index contributed by atoms with van der Waals surface area (Å²) in [5.41, 5.74) is 2.94. The maximum atomic E-state index is 12.6. The van der Waals surface area contributed by atoms with Crippen LogP contribution in [0.15, 0.2) is 30.3 Å². The van der Waals surface area contributed by atoms with E-state index in [-0.39, 0.29) is 30.2 Å². The van der Waals surface area contributed by atoms with Crippen LogP contribution in [0.3, 0.4) is 0 Å². The van der Waals surface area contributed by atoms with Gasteiger partial charge in [-0.2, -0.15) is 0 Å². The van der Waals surface area contributed by atoms with Crippen molar-refractivity contribution in [2.45, 2.75) is 33.2 Å². The van der Waals surface area contributed by atoms with Crippen LogP contribution in [0, 0.1) is 19.8 Å². The molecule has 2 heterocycles. The van der Waals surface area contributed by atoms with Crippen molar-refractivity contribution in [3.8, 4) is 0 Å². The van der Waals surface area contributed by atoms with E-state index in [0.29, 0.717) is 55.2 Å². The zero-order valence-electron chi connectivity index (χ0n) is 18.7. The first kappa shape index (κ1) is 24.0. The smallest absolute Gasteiger partial charge is 0.309 e. The zero-order chi connectivity index (χ0) is 23.3. The third-order valence-corrected chi connectivity index (χ3v) is 6.20. The molecule has 2 aromatic rings. The van der Waals surface area contributed by atoms with Gasteiger partial charge in [0.1, 0.15) is 0 Å². The number of ether oxygens (including phenoxy) is 2. The van der Waals surface area contributed by atoms with Gasteiger partial charge in [0.25, 0.3) is 5.91 Å². The minimum atomic E-state index is -0.384. The van der Waals surface area contributed by atoms with E-state index < -0.39 is 0 Å². The lowest BCUT2D eigenvalue weighted by Crippen LogP contribution is -2.40. The Balaban J connectivity index is 1.49. The number of rotatable bonds is 8. The van der Waals surface area contributed by atoms with E-state index in [9.17, 15) is 14.4 Å². The Hall–Kier alpha value is -2.64. The van der Waals surface area contributed by atoms with Crippen molar-refractivity contribution in [2.24, 2.45) is 5.92 Å². The fourth-order valence-corrected chi connectivity index (χ4v) is 4.16. The van der Waals surface area contributed by atoms with Crippen LogP contribution in [-0.2, 0) is 20.8 Å². The lowest BCUT2D eigenvalue weighted by molar-refractivity contribution is -0.148. The topological polar surface area (TPSA) is 77.8 Å². The number of halogens is 1. The highest BCUT2D eigenvalue weighted by molar-refractivity contribution is 6.30. The van der Waals surface area contributed by atoms with Gasteiger partial charge in [-0.1, -0.05) is 11.6 Å². The highest BCUT2D eigenvalue weighted by Crippen LogP contribution is 2.22. The van der Waals surface area contributed by atoms with E-state index in [1.165, 1.54) is 0 Å². The number of ketones is 1. The number of methoxy groups -OCH3 is 1. The van der Waals surface area contributed by atoms with Crippen LogP contribution in [0.5, 0.6) is 0 Å². The summed E-state index contributed by atoms with van der Waals surface area (Å²) in [4.78, 5) is 39.5. The first-order valence-corrected chi connectivity index (χ1v) is 11.1. The molecule has 0 saturated carbocycles. The van der Waals surface area contributed by atoms with E-state index in [4.69, 9.17) is 21.1 Å². The minimum absolute atomic E-state index is 0.0764. The molecular formula is C24H29ClN2O5. The number of hydrogen-bond acceptors (Lipinski definition) is 5. The lowest BCUT2D eigenvalue weighted by Gasteiger charge is -2.31. The van der Waals surface area contributed by atoms with Crippen molar-refractivity contribution in [1.29, 1.82) is 0 Å². The van der Waals surface area contributed by atoms with Crippen LogP contribution in [-0.4, -0.2) is 60.5 Å². The quantitative estimate of drug-likeness (QED) is 0.443. The Morgan fingerprint density at radius 2 is 1.75 bits per heavy atom. The Morgan fingerprint density at radius 1 is 1.09 bits per heavy atom. The monoisotopic (exact) mass is 460 g/mol. The Labute approximate surface area is 193 Å². The summed E-state index contributed by atoms with van der Waals surface area (Å²) in [6, 6.07) is 8.59. The Morgan fingerprint density at radius 3 is 2.38 bits per heavy atom. The van der Waals surface area contributed by atoms with Crippen molar-refractivity contribution in [3.63, 3.8) is 0 Å². The molecule has 0 atom stereocenters. The summed E-state index contributed by atoms with van der Waals surface area (Å²) in [5.74, 6) is -0.991. The van der Waals surface area contributed by atoms with E-state index in [1.807, 2.05) is 24.5 Å². The molecule has 1 aromatic heterocycles. The zero-order valence-corrected chi connectivity index (χ0v) is 19.5. The van der Waals surface area contributed by atoms with Gasteiger partial charge in [0.05, 0.1) is 12.5 Å². The second-order valence-corrected chi connectivity index (χ2v) is 8.47. The molecule has 1 aliphatic heterocycles. The number of esters is 1. The van der Waals surface area contributed by atoms with Crippen molar-refractivity contribution in [1.82, 2.24) is 9.47 Å². The minimum Gasteiger partial charge on any atom is -0.457 e. The molecule has 0 N–H and O–H groups in total. The molecule has 32 heavy (non-hydrogen) atoms. The van der Waals surface area contributed by atoms with E-state index in [2.05, 4.69) is 0 Å². The average Bonchev–Trinajstić information content (AvgIpc) is 3.09. The molecule has 1 amide bonds. The van der Waals surface area contributed by atoms with Crippen LogP contribution in [0.4, 0.5) is 0 Å². The molecule has 1 fully saturated rings. The molecule has 1 saturated heterocycles. The lowest BCUT2D eigenvalue weighted by atomic mass is 9.96. The summed E-state index contributed by atoms with van der Waals surface area (Å²) < 4.78 is 12.5. The van der Waals surface area contributed by atoms with Crippen LogP contribution in [0.25, 0.3) is 0 Å². The predicted molar refractivity (Wildman–Crippen MR) is 121 cm³/mol. The number of carbonyl (C=O) groups excluding carboxylic acids is 3. The van der Waals surface area contributed by atoms with Crippen molar-refractivity contribution >= 4 is 29.3 Å². The van der Waals surface area contributed by atoms with Gasteiger partial charge in [0.2, 0.25) is 5.78 Å². The highest BCUT2D eigenvalue weighted by atomic mass is 35.5. The molecular weight excluding hydrogens is 432 g/mol.